The molecule has 0 bridgehead atoms. The van der Waals surface area contributed by atoms with Crippen molar-refractivity contribution >= 4 is 0 Å². The van der Waals surface area contributed by atoms with Crippen LogP contribution >= 0.6 is 0 Å². The van der Waals surface area contributed by atoms with Gasteiger partial charge in [0.2, 0.25) is 0 Å². The fraction of sp³-hybridized carbons (Fsp3) is 0.643. The maximum Gasteiger partial charge on any atom is 0.0973 e. The van der Waals surface area contributed by atoms with Gasteiger partial charge in [0.1, 0.15) is 0 Å². The Morgan fingerprint density at radius 2 is 1.93 bits per heavy atom. The molecule has 0 spiro atoms. The van der Waals surface area contributed by atoms with Gasteiger partial charge in [0, 0.05) is 0 Å². The Balaban J connectivity index is 2.78. The minimum atomic E-state index is -0.748. The molecule has 0 saturated heterocycles. The van der Waals surface area contributed by atoms with Gasteiger partial charge in [0.05, 0.1) is 6.17 Å². The fourth-order valence-corrected chi connectivity index (χ4v) is 5.06. The van der Waals surface area contributed by atoms with E-state index in [2.05, 4.69) is 65.7 Å². The average molecular weight is 401 g/mol. The molecule has 0 N–H and O–H groups in total. The van der Waals surface area contributed by atoms with Crippen molar-refractivity contribution in [3.63, 3.8) is 0 Å². The molecule has 5 atom stereocenters. The van der Waals surface area contributed by atoms with Gasteiger partial charge < -0.3 is 0 Å². The standard InChI is InChI=1S/C28H45F/c1-9-12-27-22(5)14-16-26(27)15-13-21(4)20-23(6)25(8)28(11-3,18-10-2)19-17-24(7)29/h9,11-12,15,22-25H,1,3-4,10,13-14,16-20H2,2,5-8H3/b26-15-,27-12?. The highest BCUT2D eigenvalue weighted by atomic mass is 19.1. The summed E-state index contributed by atoms with van der Waals surface area (Å²) in [6, 6.07) is 0. The molecule has 0 aromatic carbocycles. The molecule has 0 radical (unpaired) electrons. The monoisotopic (exact) mass is 400 g/mol. The molecule has 0 aromatic heterocycles. The van der Waals surface area contributed by atoms with Crippen LogP contribution in [0.4, 0.5) is 4.39 Å². The Bertz CT molecular complexity index is 606. The Kier molecular flexibility index (Phi) is 10.9. The molecule has 1 rings (SSSR count). The van der Waals surface area contributed by atoms with Crippen molar-refractivity contribution < 1.29 is 4.39 Å². The summed E-state index contributed by atoms with van der Waals surface area (Å²) in [6.07, 6.45) is 15.9. The molecule has 1 fully saturated rings. The lowest BCUT2D eigenvalue weighted by Gasteiger charge is -2.40. The first-order valence-corrected chi connectivity index (χ1v) is 11.7. The second-order valence-electron chi connectivity index (χ2n) is 9.46. The summed E-state index contributed by atoms with van der Waals surface area (Å²) >= 11 is 0. The Labute approximate surface area is 180 Å². The van der Waals surface area contributed by atoms with E-state index >= 15 is 0 Å². The largest absolute Gasteiger partial charge is 0.248 e. The van der Waals surface area contributed by atoms with E-state index in [0.717, 1.165) is 38.5 Å². The normalized spacial score (nSPS) is 24.8. The summed E-state index contributed by atoms with van der Waals surface area (Å²) in [7, 11) is 0. The van der Waals surface area contributed by atoms with Crippen LogP contribution in [-0.4, -0.2) is 6.17 Å². The van der Waals surface area contributed by atoms with Crippen molar-refractivity contribution in [2.24, 2.45) is 23.2 Å². The van der Waals surface area contributed by atoms with Gasteiger partial charge in [-0.2, -0.15) is 0 Å². The number of allylic oxidation sites excluding steroid dienone is 7. The molecule has 1 saturated carbocycles. The molecule has 5 unspecified atom stereocenters. The van der Waals surface area contributed by atoms with E-state index in [1.165, 1.54) is 23.1 Å². The molecule has 0 amide bonds. The zero-order valence-electron chi connectivity index (χ0n) is 19.8. The van der Waals surface area contributed by atoms with Crippen molar-refractivity contribution in [3.8, 4) is 0 Å². The molecule has 0 nitrogen and oxygen atoms in total. The number of alkyl halides is 1. The first kappa shape index (κ1) is 25.7. The zero-order chi connectivity index (χ0) is 22.0. The van der Waals surface area contributed by atoms with Gasteiger partial charge in [0.15, 0.2) is 0 Å². The van der Waals surface area contributed by atoms with Gasteiger partial charge in [-0.1, -0.05) is 77.2 Å². The van der Waals surface area contributed by atoms with Crippen molar-refractivity contribution in [1.82, 2.24) is 0 Å². The van der Waals surface area contributed by atoms with E-state index in [0.29, 0.717) is 24.2 Å². The molecule has 0 aliphatic heterocycles. The zero-order valence-corrected chi connectivity index (χ0v) is 19.8. The van der Waals surface area contributed by atoms with Crippen LogP contribution in [0.5, 0.6) is 0 Å². The predicted octanol–water partition coefficient (Wildman–Crippen LogP) is 9.17. The summed E-state index contributed by atoms with van der Waals surface area (Å²) in [6.45, 7) is 23.3. The first-order valence-electron chi connectivity index (χ1n) is 11.7. The van der Waals surface area contributed by atoms with Crippen molar-refractivity contribution in [2.45, 2.75) is 92.2 Å². The quantitative estimate of drug-likeness (QED) is 0.270. The molecular weight excluding hydrogens is 355 g/mol. The van der Waals surface area contributed by atoms with Crippen LogP contribution in [0.15, 0.2) is 60.8 Å². The van der Waals surface area contributed by atoms with E-state index in [1.54, 1.807) is 6.92 Å². The Morgan fingerprint density at radius 3 is 2.48 bits per heavy atom. The molecule has 164 valence electrons. The SMILES string of the molecule is C=CC=C1/C(=C\CC(=C)CC(C)C(C)C(C=C)(CCC)CCC(C)F)CCC1C. The summed E-state index contributed by atoms with van der Waals surface area (Å²) in [5.41, 5.74) is 4.24. The Morgan fingerprint density at radius 1 is 1.24 bits per heavy atom. The van der Waals surface area contributed by atoms with E-state index in [1.807, 2.05) is 6.08 Å². The van der Waals surface area contributed by atoms with Crippen molar-refractivity contribution in [1.29, 1.82) is 0 Å². The number of halogens is 1. The van der Waals surface area contributed by atoms with Crippen LogP contribution < -0.4 is 0 Å². The molecule has 29 heavy (non-hydrogen) atoms. The minimum absolute atomic E-state index is 0.0218. The van der Waals surface area contributed by atoms with Crippen LogP contribution in [0.1, 0.15) is 86.0 Å². The Hall–Kier alpha value is -1.37. The van der Waals surface area contributed by atoms with Gasteiger partial charge >= 0.3 is 0 Å². The molecule has 0 heterocycles. The lowest BCUT2D eigenvalue weighted by Crippen LogP contribution is -2.32. The third-order valence-electron chi connectivity index (χ3n) is 7.18. The lowest BCUT2D eigenvalue weighted by molar-refractivity contribution is 0.134. The van der Waals surface area contributed by atoms with Gasteiger partial charge in [-0.3, -0.25) is 0 Å². The predicted molar refractivity (Wildman–Crippen MR) is 129 cm³/mol. The molecule has 1 aliphatic rings. The summed E-state index contributed by atoms with van der Waals surface area (Å²) in [5, 5.41) is 0. The van der Waals surface area contributed by atoms with Crippen LogP contribution in [0.25, 0.3) is 0 Å². The van der Waals surface area contributed by atoms with E-state index in [9.17, 15) is 4.39 Å². The number of rotatable bonds is 13. The number of hydrogen-bond acceptors (Lipinski definition) is 0. The van der Waals surface area contributed by atoms with Crippen LogP contribution in [0.3, 0.4) is 0 Å². The topological polar surface area (TPSA) is 0 Å². The second-order valence-corrected chi connectivity index (χ2v) is 9.46. The maximum atomic E-state index is 13.6. The molecular formula is C28H45F. The van der Waals surface area contributed by atoms with Gasteiger partial charge in [-0.05, 0) is 86.2 Å². The summed E-state index contributed by atoms with van der Waals surface area (Å²) in [4.78, 5) is 0. The smallest absolute Gasteiger partial charge is 0.0973 e. The van der Waals surface area contributed by atoms with E-state index in [-0.39, 0.29) is 5.41 Å². The highest BCUT2D eigenvalue weighted by molar-refractivity contribution is 5.39. The first-order chi connectivity index (χ1) is 13.7. The third-order valence-corrected chi connectivity index (χ3v) is 7.18. The summed E-state index contributed by atoms with van der Waals surface area (Å²) < 4.78 is 13.6. The maximum absolute atomic E-state index is 13.6. The summed E-state index contributed by atoms with van der Waals surface area (Å²) in [5.74, 6) is 1.60. The average Bonchev–Trinajstić information content (AvgIpc) is 3.03. The molecule has 0 aromatic rings. The van der Waals surface area contributed by atoms with Gasteiger partial charge in [0.25, 0.3) is 0 Å². The second kappa shape index (κ2) is 12.4. The van der Waals surface area contributed by atoms with E-state index < -0.39 is 6.17 Å². The van der Waals surface area contributed by atoms with Crippen LogP contribution in [0, 0.1) is 23.2 Å². The molecule has 1 heteroatoms. The van der Waals surface area contributed by atoms with Gasteiger partial charge in [-0.15, -0.1) is 6.58 Å². The highest BCUT2D eigenvalue weighted by Gasteiger charge is 2.35. The lowest BCUT2D eigenvalue weighted by atomic mass is 9.64. The fourth-order valence-electron chi connectivity index (χ4n) is 5.06. The minimum Gasteiger partial charge on any atom is -0.248 e. The number of hydrogen-bond donors (Lipinski definition) is 0. The third kappa shape index (κ3) is 7.43. The van der Waals surface area contributed by atoms with Crippen molar-refractivity contribution in [3.05, 3.63) is 60.8 Å². The highest BCUT2D eigenvalue weighted by Crippen LogP contribution is 2.45. The van der Waals surface area contributed by atoms with E-state index in [4.69, 9.17) is 0 Å². The van der Waals surface area contributed by atoms with Crippen LogP contribution in [-0.2, 0) is 0 Å². The molecule has 1 aliphatic carbocycles. The van der Waals surface area contributed by atoms with Crippen LogP contribution in [0.2, 0.25) is 0 Å². The van der Waals surface area contributed by atoms with Crippen molar-refractivity contribution in [2.75, 3.05) is 0 Å². The van der Waals surface area contributed by atoms with Gasteiger partial charge in [-0.25, -0.2) is 4.39 Å².